The quantitative estimate of drug-likeness (QED) is 0.774. The number of ether oxygens (including phenoxy) is 1. The lowest BCUT2D eigenvalue weighted by atomic mass is 10.2. The van der Waals surface area contributed by atoms with E-state index >= 15 is 0 Å². The second kappa shape index (κ2) is 5.65. The van der Waals surface area contributed by atoms with Gasteiger partial charge in [0.1, 0.15) is 11.8 Å². The van der Waals surface area contributed by atoms with Gasteiger partial charge in [0.05, 0.1) is 0 Å². The Morgan fingerprint density at radius 1 is 1.32 bits per heavy atom. The maximum Gasteiger partial charge on any atom is 0.410 e. The molecule has 19 heavy (non-hydrogen) atoms. The molecule has 0 radical (unpaired) electrons. The van der Waals surface area contributed by atoms with Crippen LogP contribution >= 0.6 is 0 Å². The molecule has 0 aromatic rings. The Labute approximate surface area is 114 Å². The highest BCUT2D eigenvalue weighted by molar-refractivity contribution is 5.69. The molecule has 0 N–H and O–H groups in total. The number of halogens is 1. The largest absolute Gasteiger partial charge is 0.444 e. The number of amides is 1. The summed E-state index contributed by atoms with van der Waals surface area (Å²) in [5.41, 5.74) is -0.456. The van der Waals surface area contributed by atoms with Crippen LogP contribution in [0.4, 0.5) is 9.18 Å². The van der Waals surface area contributed by atoms with Gasteiger partial charge in [-0.2, -0.15) is 0 Å². The number of hydrogen-bond acceptors (Lipinski definition) is 3. The topological polar surface area (TPSA) is 32.8 Å². The zero-order chi connectivity index (χ0) is 14.0. The van der Waals surface area contributed by atoms with Crippen molar-refractivity contribution in [2.45, 2.75) is 57.8 Å². The molecule has 0 aromatic carbocycles. The first-order valence-corrected chi connectivity index (χ1v) is 7.21. The molecule has 4 nitrogen and oxygen atoms in total. The maximum absolute atomic E-state index is 13.2. The predicted octanol–water partition coefficient (Wildman–Crippen LogP) is 2.43. The molecule has 2 fully saturated rings. The van der Waals surface area contributed by atoms with E-state index in [-0.39, 0.29) is 12.1 Å². The second-order valence-corrected chi connectivity index (χ2v) is 6.62. The molecule has 2 heterocycles. The first kappa shape index (κ1) is 14.6. The summed E-state index contributed by atoms with van der Waals surface area (Å²) in [6.45, 7) is 8.49. The van der Waals surface area contributed by atoms with Gasteiger partial charge in [-0.1, -0.05) is 0 Å². The predicted molar refractivity (Wildman–Crippen MR) is 71.9 cm³/mol. The van der Waals surface area contributed by atoms with Gasteiger partial charge in [0.2, 0.25) is 0 Å². The molecule has 2 saturated heterocycles. The van der Waals surface area contributed by atoms with Crippen LogP contribution in [0, 0.1) is 0 Å². The van der Waals surface area contributed by atoms with E-state index in [0.29, 0.717) is 13.0 Å². The first-order valence-electron chi connectivity index (χ1n) is 7.21. The molecule has 0 aliphatic carbocycles. The average molecular weight is 272 g/mol. The standard InChI is InChI=1S/C14H25FN2O2/c1-14(2,3)19-13(18)17-7-4-5-12(17)10-16-8-6-11(15)9-16/h11-12H,4-10H2,1-3H3/t11-,12-/m0/s1. The minimum absolute atomic E-state index is 0.181. The molecule has 2 rings (SSSR count). The fourth-order valence-electron chi connectivity index (χ4n) is 2.84. The summed E-state index contributed by atoms with van der Waals surface area (Å²) in [5.74, 6) is 0. The van der Waals surface area contributed by atoms with Crippen molar-refractivity contribution in [2.75, 3.05) is 26.2 Å². The van der Waals surface area contributed by atoms with E-state index in [9.17, 15) is 9.18 Å². The van der Waals surface area contributed by atoms with Crippen molar-refractivity contribution < 1.29 is 13.9 Å². The summed E-state index contributed by atoms with van der Waals surface area (Å²) in [4.78, 5) is 16.1. The van der Waals surface area contributed by atoms with E-state index in [1.54, 1.807) is 0 Å². The van der Waals surface area contributed by atoms with Gasteiger partial charge in [-0.3, -0.25) is 4.90 Å². The molecule has 2 atom stereocenters. The molecular formula is C14H25FN2O2. The number of rotatable bonds is 2. The zero-order valence-electron chi connectivity index (χ0n) is 12.2. The summed E-state index contributed by atoms with van der Waals surface area (Å²) < 4.78 is 18.6. The third-order valence-electron chi connectivity index (χ3n) is 3.69. The third kappa shape index (κ3) is 4.06. The molecule has 0 bridgehead atoms. The summed E-state index contributed by atoms with van der Waals surface area (Å²) >= 11 is 0. The molecule has 2 aliphatic rings. The Bertz CT molecular complexity index is 330. The van der Waals surface area contributed by atoms with Gasteiger partial charge in [0, 0.05) is 32.2 Å². The number of carbonyl (C=O) groups is 1. The highest BCUT2D eigenvalue weighted by atomic mass is 19.1. The summed E-state index contributed by atoms with van der Waals surface area (Å²) in [6.07, 6.45) is 1.70. The number of carbonyl (C=O) groups excluding carboxylic acids is 1. The number of hydrogen-bond donors (Lipinski definition) is 0. The van der Waals surface area contributed by atoms with Gasteiger partial charge < -0.3 is 9.64 Å². The van der Waals surface area contributed by atoms with Gasteiger partial charge in [-0.05, 0) is 40.0 Å². The van der Waals surface area contributed by atoms with Crippen LogP contribution in [0.5, 0.6) is 0 Å². The van der Waals surface area contributed by atoms with Gasteiger partial charge in [-0.15, -0.1) is 0 Å². The fraction of sp³-hybridized carbons (Fsp3) is 0.929. The number of nitrogens with zero attached hydrogens (tertiary/aromatic N) is 2. The first-order chi connectivity index (χ1) is 8.85. The highest BCUT2D eigenvalue weighted by Gasteiger charge is 2.34. The van der Waals surface area contributed by atoms with E-state index in [0.717, 1.165) is 32.5 Å². The van der Waals surface area contributed by atoms with Gasteiger partial charge in [0.15, 0.2) is 0 Å². The Hall–Kier alpha value is -0.840. The second-order valence-electron chi connectivity index (χ2n) is 6.62. The lowest BCUT2D eigenvalue weighted by molar-refractivity contribution is 0.0201. The van der Waals surface area contributed by atoms with Crippen molar-refractivity contribution in [3.05, 3.63) is 0 Å². The fourth-order valence-corrected chi connectivity index (χ4v) is 2.84. The average Bonchev–Trinajstić information content (AvgIpc) is 2.86. The molecule has 1 amide bonds. The van der Waals surface area contributed by atoms with Gasteiger partial charge >= 0.3 is 6.09 Å². The molecule has 0 spiro atoms. The van der Waals surface area contributed by atoms with Crippen LogP contribution in [0.1, 0.15) is 40.0 Å². The molecule has 0 aromatic heterocycles. The Morgan fingerprint density at radius 2 is 2.05 bits per heavy atom. The summed E-state index contributed by atoms with van der Waals surface area (Å²) in [5, 5.41) is 0. The van der Waals surface area contributed by atoms with Crippen LogP contribution in [-0.4, -0.2) is 59.9 Å². The van der Waals surface area contributed by atoms with Crippen molar-refractivity contribution >= 4 is 6.09 Å². The van der Waals surface area contributed by atoms with Crippen LogP contribution < -0.4 is 0 Å². The van der Waals surface area contributed by atoms with Gasteiger partial charge in [-0.25, -0.2) is 9.18 Å². The van der Waals surface area contributed by atoms with Crippen molar-refractivity contribution in [3.63, 3.8) is 0 Å². The van der Waals surface area contributed by atoms with E-state index < -0.39 is 11.8 Å². The molecule has 5 heteroatoms. The van der Waals surface area contributed by atoms with Crippen LogP contribution in [-0.2, 0) is 4.74 Å². The third-order valence-corrected chi connectivity index (χ3v) is 3.69. The van der Waals surface area contributed by atoms with E-state index in [1.165, 1.54) is 0 Å². The van der Waals surface area contributed by atoms with Crippen LogP contribution in [0.3, 0.4) is 0 Å². The van der Waals surface area contributed by atoms with Crippen molar-refractivity contribution in [1.29, 1.82) is 0 Å². The molecule has 110 valence electrons. The molecule has 2 aliphatic heterocycles. The number of likely N-dealkylation sites (tertiary alicyclic amines) is 2. The summed E-state index contributed by atoms with van der Waals surface area (Å²) in [7, 11) is 0. The van der Waals surface area contributed by atoms with Crippen molar-refractivity contribution in [1.82, 2.24) is 9.80 Å². The van der Waals surface area contributed by atoms with E-state index in [4.69, 9.17) is 4.74 Å². The van der Waals surface area contributed by atoms with Crippen LogP contribution in [0.2, 0.25) is 0 Å². The van der Waals surface area contributed by atoms with E-state index in [1.807, 2.05) is 25.7 Å². The minimum Gasteiger partial charge on any atom is -0.444 e. The number of alkyl halides is 1. The lowest BCUT2D eigenvalue weighted by Gasteiger charge is -2.30. The van der Waals surface area contributed by atoms with Crippen LogP contribution in [0.25, 0.3) is 0 Å². The highest BCUT2D eigenvalue weighted by Crippen LogP contribution is 2.23. The maximum atomic E-state index is 13.2. The van der Waals surface area contributed by atoms with E-state index in [2.05, 4.69) is 4.90 Å². The Morgan fingerprint density at radius 3 is 2.63 bits per heavy atom. The van der Waals surface area contributed by atoms with Crippen LogP contribution in [0.15, 0.2) is 0 Å². The molecule has 0 unspecified atom stereocenters. The normalized spacial score (nSPS) is 28.9. The van der Waals surface area contributed by atoms with Crippen molar-refractivity contribution in [3.8, 4) is 0 Å². The monoisotopic (exact) mass is 272 g/mol. The molecule has 0 saturated carbocycles. The lowest BCUT2D eigenvalue weighted by Crippen LogP contribution is -2.44. The SMILES string of the molecule is CC(C)(C)OC(=O)N1CCC[C@H]1CN1CC[C@H](F)C1. The summed E-state index contributed by atoms with van der Waals surface area (Å²) in [6, 6.07) is 0.181. The van der Waals surface area contributed by atoms with Gasteiger partial charge in [0.25, 0.3) is 0 Å². The zero-order valence-corrected chi connectivity index (χ0v) is 12.2. The Kier molecular flexibility index (Phi) is 4.33. The van der Waals surface area contributed by atoms with Crippen molar-refractivity contribution in [2.24, 2.45) is 0 Å². The minimum atomic E-state index is -0.698. The molecular weight excluding hydrogens is 247 g/mol. The Balaban J connectivity index is 1.88. The smallest absolute Gasteiger partial charge is 0.410 e.